The van der Waals surface area contributed by atoms with Crippen LogP contribution in [0.2, 0.25) is 0 Å². The summed E-state index contributed by atoms with van der Waals surface area (Å²) in [6, 6.07) is 10.1. The number of rotatable bonds is 2. The molecule has 2 N–H and O–H groups in total. The van der Waals surface area contributed by atoms with Crippen molar-refractivity contribution in [1.29, 1.82) is 0 Å². The van der Waals surface area contributed by atoms with E-state index in [0.29, 0.717) is 48.1 Å². The summed E-state index contributed by atoms with van der Waals surface area (Å²) in [5.41, 5.74) is 1.34. The molecule has 1 fully saturated rings. The largest absolute Gasteiger partial charge is 0.471 e. The van der Waals surface area contributed by atoms with Crippen LogP contribution in [0.3, 0.4) is 0 Å². The lowest BCUT2D eigenvalue weighted by atomic mass is 10.0. The molecule has 31 heavy (non-hydrogen) atoms. The summed E-state index contributed by atoms with van der Waals surface area (Å²) in [5, 5.41) is 0. The van der Waals surface area contributed by atoms with Gasteiger partial charge >= 0.3 is 6.09 Å². The third-order valence-corrected chi connectivity index (χ3v) is 6.72. The molecule has 2 aromatic rings. The van der Waals surface area contributed by atoms with Gasteiger partial charge in [0.15, 0.2) is 5.94 Å². The van der Waals surface area contributed by atoms with Crippen LogP contribution >= 0.6 is 10.6 Å². The van der Waals surface area contributed by atoms with Crippen molar-refractivity contribution >= 4 is 22.4 Å². The fourth-order valence-corrected chi connectivity index (χ4v) is 4.82. The Kier molecular flexibility index (Phi) is 5.53. The van der Waals surface area contributed by atoms with E-state index in [4.69, 9.17) is 9.47 Å². The number of carbonyl (C=O) groups is 1. The van der Waals surface area contributed by atoms with Crippen molar-refractivity contribution in [2.24, 2.45) is 0 Å². The van der Waals surface area contributed by atoms with Crippen LogP contribution in [0.5, 0.6) is 5.75 Å². The lowest BCUT2D eigenvalue weighted by molar-refractivity contribution is 0.0240. The van der Waals surface area contributed by atoms with E-state index in [0.717, 1.165) is 5.56 Å². The minimum Gasteiger partial charge on any atom is -0.471 e. The van der Waals surface area contributed by atoms with E-state index in [1.54, 1.807) is 29.2 Å². The number of amides is 1. The Morgan fingerprint density at radius 2 is 1.71 bits per heavy atom. The predicted molar refractivity (Wildman–Crippen MR) is 118 cm³/mol. The standard InChI is InChI=1S/C22H27FN2O5S/c1-22(2,3)30-21(26)25-10-8-24(9-11-25)18-6-4-15(12-17(18)23)16-5-7-20-19(13-16)29-14-31(20,27)28/h4-7,12-13,27-28H,8-11,14H2,1-3H3. The highest BCUT2D eigenvalue weighted by atomic mass is 32.3. The van der Waals surface area contributed by atoms with Crippen LogP contribution in [-0.2, 0) is 4.74 Å². The van der Waals surface area contributed by atoms with Gasteiger partial charge in [-0.15, -0.1) is 10.6 Å². The van der Waals surface area contributed by atoms with Crippen molar-refractivity contribution in [1.82, 2.24) is 4.90 Å². The molecule has 2 heterocycles. The number of anilines is 1. The van der Waals surface area contributed by atoms with Crippen LogP contribution in [0.4, 0.5) is 14.9 Å². The summed E-state index contributed by atoms with van der Waals surface area (Å²) >= 11 is 0. The number of benzene rings is 2. The van der Waals surface area contributed by atoms with Gasteiger partial charge in [-0.25, -0.2) is 9.18 Å². The summed E-state index contributed by atoms with van der Waals surface area (Å²) < 4.78 is 45.6. The zero-order valence-corrected chi connectivity index (χ0v) is 18.6. The van der Waals surface area contributed by atoms with Gasteiger partial charge in [0, 0.05) is 26.2 Å². The van der Waals surface area contributed by atoms with Gasteiger partial charge in [0.05, 0.1) is 5.69 Å². The van der Waals surface area contributed by atoms with Crippen molar-refractivity contribution in [2.45, 2.75) is 31.3 Å². The first kappa shape index (κ1) is 21.7. The van der Waals surface area contributed by atoms with E-state index in [1.165, 1.54) is 6.07 Å². The van der Waals surface area contributed by atoms with Crippen LogP contribution in [-0.4, -0.2) is 57.8 Å². The van der Waals surface area contributed by atoms with Gasteiger partial charge in [-0.3, -0.25) is 9.11 Å². The molecule has 7 nitrogen and oxygen atoms in total. The van der Waals surface area contributed by atoms with Gasteiger partial charge in [-0.2, -0.15) is 0 Å². The van der Waals surface area contributed by atoms with Crippen molar-refractivity contribution < 1.29 is 27.8 Å². The number of ether oxygens (including phenoxy) is 2. The summed E-state index contributed by atoms with van der Waals surface area (Å²) in [7, 11) is -2.89. The van der Waals surface area contributed by atoms with E-state index < -0.39 is 16.2 Å². The maximum absolute atomic E-state index is 14.9. The second-order valence-electron chi connectivity index (χ2n) is 8.71. The van der Waals surface area contributed by atoms with Gasteiger partial charge < -0.3 is 19.3 Å². The Morgan fingerprint density at radius 3 is 2.35 bits per heavy atom. The highest BCUT2D eigenvalue weighted by molar-refractivity contribution is 8.24. The normalized spacial score (nSPS) is 18.9. The molecular formula is C22H27FN2O5S. The number of nitrogens with zero attached hydrogens (tertiary/aromatic N) is 2. The summed E-state index contributed by atoms with van der Waals surface area (Å²) in [6.07, 6.45) is -0.349. The van der Waals surface area contributed by atoms with Crippen LogP contribution in [0.15, 0.2) is 41.3 Å². The molecule has 2 aliphatic heterocycles. The molecule has 0 atom stereocenters. The van der Waals surface area contributed by atoms with Crippen LogP contribution in [0.1, 0.15) is 20.8 Å². The van der Waals surface area contributed by atoms with Crippen molar-refractivity contribution in [3.8, 4) is 16.9 Å². The molecule has 0 bridgehead atoms. The average molecular weight is 451 g/mol. The van der Waals surface area contributed by atoms with Crippen molar-refractivity contribution in [3.05, 3.63) is 42.2 Å². The maximum atomic E-state index is 14.9. The molecule has 1 amide bonds. The molecule has 2 aliphatic rings. The molecule has 0 aromatic heterocycles. The minimum atomic E-state index is -2.89. The smallest absolute Gasteiger partial charge is 0.410 e. The van der Waals surface area contributed by atoms with E-state index in [1.807, 2.05) is 31.7 Å². The Hall–Kier alpha value is -2.49. The number of fused-ring (bicyclic) bond motifs is 1. The fourth-order valence-electron chi connectivity index (χ4n) is 3.68. The number of hydrogen-bond donors (Lipinski definition) is 2. The number of halogens is 1. The first-order valence-corrected chi connectivity index (χ1v) is 11.8. The SMILES string of the molecule is CC(C)(C)OC(=O)N1CCN(c2ccc(-c3ccc4c(c3)OCS4(O)O)cc2F)CC1. The van der Waals surface area contributed by atoms with Gasteiger partial charge in [0.2, 0.25) is 0 Å². The molecule has 2 aromatic carbocycles. The number of hydrogen-bond acceptors (Lipinski definition) is 6. The predicted octanol–water partition coefficient (Wildman–Crippen LogP) is 5.01. The lowest BCUT2D eigenvalue weighted by Gasteiger charge is -2.36. The molecule has 0 saturated carbocycles. The summed E-state index contributed by atoms with van der Waals surface area (Å²) in [4.78, 5) is 16.2. The third kappa shape index (κ3) is 4.58. The molecular weight excluding hydrogens is 423 g/mol. The first-order valence-electron chi connectivity index (χ1n) is 10.1. The van der Waals surface area contributed by atoms with E-state index in [9.17, 15) is 18.3 Å². The molecule has 0 radical (unpaired) electrons. The van der Waals surface area contributed by atoms with Crippen molar-refractivity contribution in [2.75, 3.05) is 37.0 Å². The van der Waals surface area contributed by atoms with Gasteiger partial charge in [0.1, 0.15) is 22.1 Å². The second-order valence-corrected chi connectivity index (χ2v) is 10.7. The Balaban J connectivity index is 1.45. The first-order chi connectivity index (χ1) is 14.5. The number of piperazine rings is 1. The lowest BCUT2D eigenvalue weighted by Crippen LogP contribution is -2.50. The average Bonchev–Trinajstić information content (AvgIpc) is 3.01. The molecule has 4 rings (SSSR count). The summed E-state index contributed by atoms with van der Waals surface area (Å²) in [5.74, 6) is -0.0804. The molecule has 1 saturated heterocycles. The van der Waals surface area contributed by atoms with E-state index in [2.05, 4.69) is 0 Å². The topological polar surface area (TPSA) is 82.5 Å². The monoisotopic (exact) mass is 450 g/mol. The number of carbonyl (C=O) groups excluding carboxylic acids is 1. The molecule has 9 heteroatoms. The van der Waals surface area contributed by atoms with Gasteiger partial charge in [-0.1, -0.05) is 12.1 Å². The quantitative estimate of drug-likeness (QED) is 0.669. The van der Waals surface area contributed by atoms with E-state index in [-0.39, 0.29) is 17.8 Å². The molecule has 0 aliphatic carbocycles. The van der Waals surface area contributed by atoms with Crippen LogP contribution in [0, 0.1) is 5.82 Å². The zero-order chi connectivity index (χ0) is 22.4. The zero-order valence-electron chi connectivity index (χ0n) is 17.8. The highest BCUT2D eigenvalue weighted by Gasteiger charge is 2.29. The fraction of sp³-hybridized carbons (Fsp3) is 0.409. The van der Waals surface area contributed by atoms with Crippen molar-refractivity contribution in [3.63, 3.8) is 0 Å². The van der Waals surface area contributed by atoms with Gasteiger partial charge in [0.25, 0.3) is 0 Å². The Bertz CT molecular complexity index is 1000. The second kappa shape index (κ2) is 7.89. The third-order valence-electron chi connectivity index (χ3n) is 5.23. The van der Waals surface area contributed by atoms with E-state index >= 15 is 0 Å². The summed E-state index contributed by atoms with van der Waals surface area (Å²) in [6.45, 7) is 7.44. The minimum absolute atomic E-state index is 0.144. The van der Waals surface area contributed by atoms with Crippen LogP contribution < -0.4 is 9.64 Å². The molecule has 168 valence electrons. The van der Waals surface area contributed by atoms with Gasteiger partial charge in [-0.05, 0) is 56.2 Å². The van der Waals surface area contributed by atoms with Crippen LogP contribution in [0.25, 0.3) is 11.1 Å². The molecule has 0 unspecified atom stereocenters. The highest BCUT2D eigenvalue weighted by Crippen LogP contribution is 2.57. The molecule has 0 spiro atoms. The Labute approximate surface area is 182 Å². The Morgan fingerprint density at radius 1 is 1.06 bits per heavy atom. The maximum Gasteiger partial charge on any atom is 0.410 e.